The number of fused-ring (bicyclic) bond motifs is 2. The highest BCUT2D eigenvalue weighted by Gasteiger charge is 2.34. The third kappa shape index (κ3) is 4.03. The molecular weight excluding hydrogens is 314 g/mol. The van der Waals surface area contributed by atoms with Gasteiger partial charge in [0.05, 0.1) is 0 Å². The predicted octanol–water partition coefficient (Wildman–Crippen LogP) is 1.82. The van der Waals surface area contributed by atoms with E-state index in [-0.39, 0.29) is 30.3 Å². The summed E-state index contributed by atoms with van der Waals surface area (Å²) in [5, 5.41) is 6.70. The molecule has 2 unspecified atom stereocenters. The number of nitrogens with zero attached hydrogens (tertiary/aromatic N) is 1. The quantitative estimate of drug-likeness (QED) is 0.884. The largest absolute Gasteiger partial charge is 0.349 e. The molecule has 0 saturated carbocycles. The molecule has 2 amide bonds. The fourth-order valence-corrected chi connectivity index (χ4v) is 3.47. The monoisotopic (exact) mass is 337 g/mol. The Hall–Kier alpha value is -1.59. The first-order chi connectivity index (χ1) is 10.5. The van der Waals surface area contributed by atoms with E-state index in [1.165, 1.54) is 17.7 Å². The number of benzene rings is 1. The number of piperidine rings is 1. The van der Waals surface area contributed by atoms with E-state index >= 15 is 0 Å². The van der Waals surface area contributed by atoms with Crippen LogP contribution in [-0.2, 0) is 0 Å². The lowest BCUT2D eigenvalue weighted by Crippen LogP contribution is -2.48. The lowest BCUT2D eigenvalue weighted by Gasteiger charge is -2.29. The van der Waals surface area contributed by atoms with Crippen molar-refractivity contribution in [2.45, 2.75) is 43.8 Å². The molecule has 2 heterocycles. The number of halogens is 1. The van der Waals surface area contributed by atoms with Crippen LogP contribution >= 0.6 is 12.4 Å². The molecular formula is C17H24ClN3O2. The summed E-state index contributed by atoms with van der Waals surface area (Å²) in [7, 11) is 3.43. The van der Waals surface area contributed by atoms with Gasteiger partial charge in [-0.2, -0.15) is 0 Å². The number of carbonyl (C=O) groups is 2. The summed E-state index contributed by atoms with van der Waals surface area (Å²) in [6, 6.07) is 8.25. The SMILES string of the molecule is CN(C)C(=O)c1ccc(C(=O)NC2CC3CCC(C2)N3)cc1.Cl. The summed E-state index contributed by atoms with van der Waals surface area (Å²) in [6.45, 7) is 0. The maximum atomic E-state index is 12.3. The van der Waals surface area contributed by atoms with Gasteiger partial charge in [-0.3, -0.25) is 9.59 Å². The molecule has 5 nitrogen and oxygen atoms in total. The number of amides is 2. The standard InChI is InChI=1S/C17H23N3O2.ClH/c1-20(2)17(22)12-5-3-11(4-6-12)16(21)19-15-9-13-7-8-14(10-15)18-13;/h3-6,13-15,18H,7-10H2,1-2H3,(H,19,21);1H. The second kappa shape index (κ2) is 7.32. The van der Waals surface area contributed by atoms with Crippen molar-refractivity contribution in [3.8, 4) is 0 Å². The van der Waals surface area contributed by atoms with Gasteiger partial charge in [-0.1, -0.05) is 0 Å². The smallest absolute Gasteiger partial charge is 0.253 e. The molecule has 6 heteroatoms. The first-order valence-corrected chi connectivity index (χ1v) is 7.91. The predicted molar refractivity (Wildman–Crippen MR) is 92.1 cm³/mol. The van der Waals surface area contributed by atoms with E-state index < -0.39 is 0 Å². The minimum absolute atomic E-state index is 0. The van der Waals surface area contributed by atoms with Crippen molar-refractivity contribution in [1.29, 1.82) is 0 Å². The summed E-state index contributed by atoms with van der Waals surface area (Å²) in [5.74, 6) is -0.1000. The summed E-state index contributed by atoms with van der Waals surface area (Å²) < 4.78 is 0. The molecule has 126 valence electrons. The molecule has 2 saturated heterocycles. The van der Waals surface area contributed by atoms with Crippen molar-refractivity contribution in [2.75, 3.05) is 14.1 Å². The number of nitrogens with one attached hydrogen (secondary N) is 2. The zero-order chi connectivity index (χ0) is 15.7. The second-order valence-corrected chi connectivity index (χ2v) is 6.56. The van der Waals surface area contributed by atoms with Crippen LogP contribution in [0.2, 0.25) is 0 Å². The third-order valence-electron chi connectivity index (χ3n) is 4.61. The number of hydrogen-bond acceptors (Lipinski definition) is 3. The van der Waals surface area contributed by atoms with Crippen LogP contribution in [0.3, 0.4) is 0 Å². The van der Waals surface area contributed by atoms with Crippen LogP contribution in [0, 0.1) is 0 Å². The van der Waals surface area contributed by atoms with Crippen molar-refractivity contribution in [3.63, 3.8) is 0 Å². The molecule has 1 aromatic carbocycles. The Morgan fingerprint density at radius 1 is 1.04 bits per heavy atom. The van der Waals surface area contributed by atoms with Gasteiger partial charge in [0.2, 0.25) is 0 Å². The van der Waals surface area contributed by atoms with Gasteiger partial charge in [0, 0.05) is 43.3 Å². The molecule has 3 rings (SSSR count). The molecule has 0 aromatic heterocycles. The van der Waals surface area contributed by atoms with Gasteiger partial charge in [-0.15, -0.1) is 12.4 Å². The highest BCUT2D eigenvalue weighted by molar-refractivity contribution is 5.97. The van der Waals surface area contributed by atoms with Crippen LogP contribution in [0.15, 0.2) is 24.3 Å². The number of hydrogen-bond donors (Lipinski definition) is 2. The summed E-state index contributed by atoms with van der Waals surface area (Å²) >= 11 is 0. The fraction of sp³-hybridized carbons (Fsp3) is 0.529. The zero-order valence-corrected chi connectivity index (χ0v) is 14.4. The van der Waals surface area contributed by atoms with Gasteiger partial charge in [0.15, 0.2) is 0 Å². The topological polar surface area (TPSA) is 61.4 Å². The molecule has 2 atom stereocenters. The van der Waals surface area contributed by atoms with E-state index in [2.05, 4.69) is 10.6 Å². The van der Waals surface area contributed by atoms with Crippen LogP contribution in [-0.4, -0.2) is 48.9 Å². The van der Waals surface area contributed by atoms with Crippen molar-refractivity contribution >= 4 is 24.2 Å². The lowest BCUT2D eigenvalue weighted by atomic mass is 9.99. The molecule has 2 aliphatic rings. The molecule has 0 radical (unpaired) electrons. The van der Waals surface area contributed by atoms with Gasteiger partial charge in [-0.25, -0.2) is 0 Å². The molecule has 2 fully saturated rings. The van der Waals surface area contributed by atoms with Crippen molar-refractivity contribution in [1.82, 2.24) is 15.5 Å². The molecule has 2 aliphatic heterocycles. The summed E-state index contributed by atoms with van der Waals surface area (Å²) in [5.41, 5.74) is 1.21. The average molecular weight is 338 g/mol. The van der Waals surface area contributed by atoms with Crippen LogP contribution in [0.25, 0.3) is 0 Å². The van der Waals surface area contributed by atoms with Gasteiger partial charge in [0.25, 0.3) is 11.8 Å². The van der Waals surface area contributed by atoms with E-state index in [0.29, 0.717) is 23.2 Å². The van der Waals surface area contributed by atoms with E-state index in [9.17, 15) is 9.59 Å². The summed E-state index contributed by atoms with van der Waals surface area (Å²) in [6.07, 6.45) is 4.47. The summed E-state index contributed by atoms with van der Waals surface area (Å²) in [4.78, 5) is 25.7. The van der Waals surface area contributed by atoms with Gasteiger partial charge >= 0.3 is 0 Å². The van der Waals surface area contributed by atoms with Gasteiger partial charge in [-0.05, 0) is 49.9 Å². The molecule has 2 bridgehead atoms. The van der Waals surface area contributed by atoms with E-state index in [0.717, 1.165) is 12.8 Å². The van der Waals surface area contributed by atoms with E-state index in [1.807, 2.05) is 0 Å². The number of rotatable bonds is 3. The van der Waals surface area contributed by atoms with Crippen molar-refractivity contribution in [3.05, 3.63) is 35.4 Å². The Kier molecular flexibility index (Phi) is 5.65. The third-order valence-corrected chi connectivity index (χ3v) is 4.61. The van der Waals surface area contributed by atoms with Crippen LogP contribution in [0.5, 0.6) is 0 Å². The van der Waals surface area contributed by atoms with Crippen molar-refractivity contribution < 1.29 is 9.59 Å². The second-order valence-electron chi connectivity index (χ2n) is 6.56. The lowest BCUT2D eigenvalue weighted by molar-refractivity contribution is 0.0826. The molecule has 0 aliphatic carbocycles. The molecule has 1 aromatic rings. The Balaban J connectivity index is 0.00000192. The maximum absolute atomic E-state index is 12.3. The van der Waals surface area contributed by atoms with E-state index in [4.69, 9.17) is 0 Å². The van der Waals surface area contributed by atoms with Gasteiger partial charge < -0.3 is 15.5 Å². The first kappa shape index (κ1) is 17.8. The van der Waals surface area contributed by atoms with Crippen LogP contribution in [0.4, 0.5) is 0 Å². The highest BCUT2D eigenvalue weighted by atomic mass is 35.5. The Labute approximate surface area is 143 Å². The van der Waals surface area contributed by atoms with Crippen molar-refractivity contribution in [2.24, 2.45) is 0 Å². The Morgan fingerprint density at radius 2 is 1.57 bits per heavy atom. The van der Waals surface area contributed by atoms with Crippen LogP contribution < -0.4 is 10.6 Å². The number of carbonyl (C=O) groups excluding carboxylic acids is 2. The fourth-order valence-electron chi connectivity index (χ4n) is 3.47. The molecule has 2 N–H and O–H groups in total. The van der Waals surface area contributed by atoms with Crippen LogP contribution in [0.1, 0.15) is 46.4 Å². The Morgan fingerprint density at radius 3 is 2.09 bits per heavy atom. The Bertz CT molecular complexity index is 562. The highest BCUT2D eigenvalue weighted by Crippen LogP contribution is 2.26. The minimum atomic E-state index is -0.0538. The zero-order valence-electron chi connectivity index (χ0n) is 13.5. The maximum Gasteiger partial charge on any atom is 0.253 e. The molecule has 23 heavy (non-hydrogen) atoms. The normalized spacial score (nSPS) is 25.4. The minimum Gasteiger partial charge on any atom is -0.349 e. The molecule has 0 spiro atoms. The van der Waals surface area contributed by atoms with E-state index in [1.54, 1.807) is 38.4 Å². The first-order valence-electron chi connectivity index (χ1n) is 7.91. The average Bonchev–Trinajstić information content (AvgIpc) is 2.85. The van der Waals surface area contributed by atoms with Gasteiger partial charge in [0.1, 0.15) is 0 Å².